The van der Waals surface area contributed by atoms with Crippen molar-refractivity contribution in [1.82, 2.24) is 4.90 Å². The highest BCUT2D eigenvalue weighted by Gasteiger charge is 2.31. The second kappa shape index (κ2) is 3.97. The van der Waals surface area contributed by atoms with Crippen molar-refractivity contribution in [3.05, 3.63) is 35.4 Å². The van der Waals surface area contributed by atoms with Gasteiger partial charge in [-0.1, -0.05) is 30.7 Å². The maximum atomic E-state index is 2.37. The predicted molar refractivity (Wildman–Crippen MR) is 65.0 cm³/mol. The molecule has 1 atom stereocenters. The van der Waals surface area contributed by atoms with E-state index in [4.69, 9.17) is 0 Å². The SMILES string of the molecule is CN(C)C1(C)CCCCc2ccccc21. The van der Waals surface area contributed by atoms with Crippen LogP contribution in [0.15, 0.2) is 24.3 Å². The van der Waals surface area contributed by atoms with Gasteiger partial charge in [0.2, 0.25) is 0 Å². The highest BCUT2D eigenvalue weighted by molar-refractivity contribution is 5.34. The van der Waals surface area contributed by atoms with E-state index in [-0.39, 0.29) is 5.54 Å². The second-order valence-electron chi connectivity index (χ2n) is 5.03. The Bertz CT molecular complexity index is 343. The first-order valence-corrected chi connectivity index (χ1v) is 5.90. The summed E-state index contributed by atoms with van der Waals surface area (Å²) >= 11 is 0. The van der Waals surface area contributed by atoms with E-state index in [2.05, 4.69) is 50.2 Å². The molecule has 0 aliphatic heterocycles. The molecule has 0 fully saturated rings. The predicted octanol–water partition coefficient (Wildman–Crippen LogP) is 3.19. The molecule has 1 unspecified atom stereocenters. The summed E-state index contributed by atoms with van der Waals surface area (Å²) in [6, 6.07) is 8.94. The Morgan fingerprint density at radius 3 is 2.60 bits per heavy atom. The second-order valence-corrected chi connectivity index (χ2v) is 5.03. The van der Waals surface area contributed by atoms with Gasteiger partial charge in [-0.2, -0.15) is 0 Å². The van der Waals surface area contributed by atoms with E-state index >= 15 is 0 Å². The third-order valence-electron chi connectivity index (χ3n) is 3.94. The van der Waals surface area contributed by atoms with Gasteiger partial charge in [-0.3, -0.25) is 4.90 Å². The Morgan fingerprint density at radius 1 is 1.13 bits per heavy atom. The van der Waals surface area contributed by atoms with Crippen LogP contribution < -0.4 is 0 Å². The fourth-order valence-corrected chi connectivity index (χ4v) is 2.65. The first kappa shape index (κ1) is 10.7. The highest BCUT2D eigenvalue weighted by Crippen LogP contribution is 2.37. The molecule has 1 aromatic carbocycles. The summed E-state index contributed by atoms with van der Waals surface area (Å²) in [4.78, 5) is 2.37. The van der Waals surface area contributed by atoms with E-state index in [0.29, 0.717) is 0 Å². The van der Waals surface area contributed by atoms with Crippen molar-refractivity contribution in [3.63, 3.8) is 0 Å². The van der Waals surface area contributed by atoms with Crippen LogP contribution in [0.1, 0.15) is 37.3 Å². The molecule has 1 nitrogen and oxygen atoms in total. The number of aryl methyl sites for hydroxylation is 1. The topological polar surface area (TPSA) is 3.24 Å². The fraction of sp³-hybridized carbons (Fsp3) is 0.571. The van der Waals surface area contributed by atoms with Crippen LogP contribution in [-0.4, -0.2) is 19.0 Å². The molecule has 0 bridgehead atoms. The van der Waals surface area contributed by atoms with Crippen LogP contribution in [0.5, 0.6) is 0 Å². The maximum absolute atomic E-state index is 2.37. The first-order chi connectivity index (χ1) is 7.14. The van der Waals surface area contributed by atoms with Gasteiger partial charge in [0.05, 0.1) is 0 Å². The molecule has 1 aliphatic rings. The van der Waals surface area contributed by atoms with Crippen LogP contribution in [-0.2, 0) is 12.0 Å². The van der Waals surface area contributed by atoms with Gasteiger partial charge < -0.3 is 0 Å². The number of fused-ring (bicyclic) bond motifs is 1. The van der Waals surface area contributed by atoms with Gasteiger partial charge in [0.25, 0.3) is 0 Å². The lowest BCUT2D eigenvalue weighted by atomic mass is 9.85. The average molecular weight is 203 g/mol. The van der Waals surface area contributed by atoms with Gasteiger partial charge in [-0.15, -0.1) is 0 Å². The standard InChI is InChI=1S/C14H21N/c1-14(15(2)3)11-7-6-9-12-8-4-5-10-13(12)14/h4-5,8,10H,6-7,9,11H2,1-3H3. The monoisotopic (exact) mass is 203 g/mol. The van der Waals surface area contributed by atoms with Crippen molar-refractivity contribution in [2.45, 2.75) is 38.1 Å². The Hall–Kier alpha value is -0.820. The highest BCUT2D eigenvalue weighted by atomic mass is 15.1. The Kier molecular flexibility index (Phi) is 2.83. The molecular weight excluding hydrogens is 182 g/mol. The lowest BCUT2D eigenvalue weighted by Gasteiger charge is -2.37. The summed E-state index contributed by atoms with van der Waals surface area (Å²) in [5, 5.41) is 0. The van der Waals surface area contributed by atoms with Crippen LogP contribution in [0.3, 0.4) is 0 Å². The molecule has 15 heavy (non-hydrogen) atoms. The van der Waals surface area contributed by atoms with E-state index in [1.165, 1.54) is 31.2 Å². The molecular formula is C14H21N. The van der Waals surface area contributed by atoms with E-state index in [0.717, 1.165) is 0 Å². The molecule has 0 saturated carbocycles. The van der Waals surface area contributed by atoms with E-state index in [9.17, 15) is 0 Å². The van der Waals surface area contributed by atoms with Gasteiger partial charge in [-0.05, 0) is 51.4 Å². The number of nitrogens with zero attached hydrogens (tertiary/aromatic N) is 1. The van der Waals surface area contributed by atoms with E-state index < -0.39 is 0 Å². The largest absolute Gasteiger partial charge is 0.300 e. The van der Waals surface area contributed by atoms with Gasteiger partial charge in [0.1, 0.15) is 0 Å². The molecule has 2 rings (SSSR count). The first-order valence-electron chi connectivity index (χ1n) is 5.90. The summed E-state index contributed by atoms with van der Waals surface area (Å²) in [6.45, 7) is 2.37. The zero-order chi connectivity index (χ0) is 10.9. The summed E-state index contributed by atoms with van der Waals surface area (Å²) in [5.41, 5.74) is 3.31. The molecule has 0 aromatic heterocycles. The molecule has 1 aliphatic carbocycles. The lowest BCUT2D eigenvalue weighted by molar-refractivity contribution is 0.159. The number of rotatable bonds is 1. The van der Waals surface area contributed by atoms with Crippen LogP contribution in [0.2, 0.25) is 0 Å². The third kappa shape index (κ3) is 1.81. The Balaban J connectivity index is 2.50. The Labute approximate surface area is 93.1 Å². The zero-order valence-corrected chi connectivity index (χ0v) is 10.1. The maximum Gasteiger partial charge on any atom is 0.0429 e. The lowest BCUT2D eigenvalue weighted by Crippen LogP contribution is -2.38. The minimum absolute atomic E-state index is 0.229. The normalized spacial score (nSPS) is 26.1. The molecule has 0 radical (unpaired) electrons. The van der Waals surface area contributed by atoms with Crippen LogP contribution in [0.4, 0.5) is 0 Å². The average Bonchev–Trinajstić information content (AvgIpc) is 2.40. The smallest absolute Gasteiger partial charge is 0.0429 e. The van der Waals surface area contributed by atoms with E-state index in [1.807, 2.05) is 0 Å². The van der Waals surface area contributed by atoms with Crippen molar-refractivity contribution >= 4 is 0 Å². The quantitative estimate of drug-likeness (QED) is 0.634. The van der Waals surface area contributed by atoms with Gasteiger partial charge in [-0.25, -0.2) is 0 Å². The van der Waals surface area contributed by atoms with E-state index in [1.54, 1.807) is 5.56 Å². The third-order valence-corrected chi connectivity index (χ3v) is 3.94. The van der Waals surface area contributed by atoms with Crippen molar-refractivity contribution in [3.8, 4) is 0 Å². The molecule has 0 heterocycles. The van der Waals surface area contributed by atoms with Crippen molar-refractivity contribution in [2.24, 2.45) is 0 Å². The Morgan fingerprint density at radius 2 is 1.87 bits per heavy atom. The number of benzene rings is 1. The molecule has 0 saturated heterocycles. The molecule has 0 amide bonds. The van der Waals surface area contributed by atoms with Gasteiger partial charge in [0.15, 0.2) is 0 Å². The van der Waals surface area contributed by atoms with Crippen molar-refractivity contribution in [1.29, 1.82) is 0 Å². The minimum atomic E-state index is 0.229. The van der Waals surface area contributed by atoms with Gasteiger partial charge >= 0.3 is 0 Å². The summed E-state index contributed by atoms with van der Waals surface area (Å²) < 4.78 is 0. The molecule has 0 spiro atoms. The zero-order valence-electron chi connectivity index (χ0n) is 10.1. The summed E-state index contributed by atoms with van der Waals surface area (Å²) in [5.74, 6) is 0. The minimum Gasteiger partial charge on any atom is -0.300 e. The molecule has 1 heteroatoms. The number of hydrogen-bond donors (Lipinski definition) is 0. The van der Waals surface area contributed by atoms with Crippen molar-refractivity contribution in [2.75, 3.05) is 14.1 Å². The fourth-order valence-electron chi connectivity index (χ4n) is 2.65. The van der Waals surface area contributed by atoms with Crippen LogP contribution in [0, 0.1) is 0 Å². The van der Waals surface area contributed by atoms with Gasteiger partial charge in [0, 0.05) is 5.54 Å². The van der Waals surface area contributed by atoms with Crippen LogP contribution in [0.25, 0.3) is 0 Å². The number of hydrogen-bond acceptors (Lipinski definition) is 1. The molecule has 0 N–H and O–H groups in total. The molecule has 82 valence electrons. The van der Waals surface area contributed by atoms with Crippen LogP contribution >= 0.6 is 0 Å². The molecule has 1 aromatic rings. The summed E-state index contributed by atoms with van der Waals surface area (Å²) in [7, 11) is 4.39. The van der Waals surface area contributed by atoms with Crippen molar-refractivity contribution < 1.29 is 0 Å². The summed E-state index contributed by atoms with van der Waals surface area (Å²) in [6.07, 6.45) is 5.19.